The van der Waals surface area contributed by atoms with Gasteiger partial charge in [0.25, 0.3) is 25.8 Å². The maximum absolute atomic E-state index is 12.2. The molecule has 2 N–H and O–H groups in total. The lowest BCUT2D eigenvalue weighted by molar-refractivity contribution is -0.385. The molecule has 2 rings (SSSR count). The third-order valence-electron chi connectivity index (χ3n) is 2.74. The summed E-state index contributed by atoms with van der Waals surface area (Å²) < 4.78 is 57.1. The molecule has 0 aliphatic heterocycles. The van der Waals surface area contributed by atoms with E-state index in [9.17, 15) is 26.9 Å². The zero-order chi connectivity index (χ0) is 17.3. The van der Waals surface area contributed by atoms with E-state index in [4.69, 9.17) is 4.55 Å². The summed E-state index contributed by atoms with van der Waals surface area (Å²) >= 11 is 0. The molecular formula is C12H10N2O7S2. The number of nitro benzene ring substituents is 1. The molecule has 0 aliphatic carbocycles. The van der Waals surface area contributed by atoms with E-state index in [1.165, 1.54) is 12.1 Å². The standard InChI is InChI=1S/C12H10N2O7S2/c15-14(16)10-2-1-3-12(8-10)22(17,18)13-9-4-6-11(7-5-9)23(19,20)21/h1-8,13H,(H,19,20,21). The highest BCUT2D eigenvalue weighted by atomic mass is 32.2. The summed E-state index contributed by atoms with van der Waals surface area (Å²) in [6, 6.07) is 8.77. The zero-order valence-corrected chi connectivity index (χ0v) is 12.9. The predicted molar refractivity (Wildman–Crippen MR) is 80.2 cm³/mol. The first-order valence-corrected chi connectivity index (χ1v) is 8.87. The summed E-state index contributed by atoms with van der Waals surface area (Å²) in [5.41, 5.74) is -0.349. The van der Waals surface area contributed by atoms with Gasteiger partial charge in [0.05, 0.1) is 14.7 Å². The first kappa shape index (κ1) is 16.9. The number of nitro groups is 1. The van der Waals surface area contributed by atoms with Crippen molar-refractivity contribution in [1.82, 2.24) is 0 Å². The van der Waals surface area contributed by atoms with E-state index in [0.717, 1.165) is 36.4 Å². The van der Waals surface area contributed by atoms with E-state index in [0.29, 0.717) is 0 Å². The van der Waals surface area contributed by atoms with Crippen molar-refractivity contribution < 1.29 is 26.3 Å². The predicted octanol–water partition coefficient (Wildman–Crippen LogP) is 1.64. The average Bonchev–Trinajstić information content (AvgIpc) is 2.46. The summed E-state index contributed by atoms with van der Waals surface area (Å²) in [7, 11) is -8.47. The van der Waals surface area contributed by atoms with Gasteiger partial charge < -0.3 is 0 Å². The molecular weight excluding hydrogens is 348 g/mol. The Morgan fingerprint density at radius 2 is 1.57 bits per heavy atom. The van der Waals surface area contributed by atoms with Crippen LogP contribution in [0.15, 0.2) is 58.3 Å². The fraction of sp³-hybridized carbons (Fsp3) is 0. The van der Waals surface area contributed by atoms with Crippen LogP contribution >= 0.6 is 0 Å². The monoisotopic (exact) mass is 358 g/mol. The number of benzene rings is 2. The Bertz CT molecular complexity index is 951. The minimum Gasteiger partial charge on any atom is -0.282 e. The summed E-state index contributed by atoms with van der Waals surface area (Å²) in [5.74, 6) is 0. The van der Waals surface area contributed by atoms with Gasteiger partial charge in [-0.2, -0.15) is 8.42 Å². The van der Waals surface area contributed by atoms with E-state index in [1.54, 1.807) is 0 Å². The maximum Gasteiger partial charge on any atom is 0.294 e. The molecule has 0 aliphatic rings. The third-order valence-corrected chi connectivity index (χ3v) is 4.99. The van der Waals surface area contributed by atoms with E-state index in [2.05, 4.69) is 4.72 Å². The highest BCUT2D eigenvalue weighted by Crippen LogP contribution is 2.21. The number of nitrogens with zero attached hydrogens (tertiary/aromatic N) is 1. The van der Waals surface area contributed by atoms with Gasteiger partial charge in [0.15, 0.2) is 0 Å². The Labute approximate surface area is 131 Å². The summed E-state index contributed by atoms with van der Waals surface area (Å²) in [6.07, 6.45) is 0. The van der Waals surface area contributed by atoms with Gasteiger partial charge in [-0.25, -0.2) is 8.42 Å². The largest absolute Gasteiger partial charge is 0.294 e. The van der Waals surface area contributed by atoms with Gasteiger partial charge in [0.2, 0.25) is 0 Å². The normalized spacial score (nSPS) is 11.9. The van der Waals surface area contributed by atoms with Crippen LogP contribution in [0, 0.1) is 10.1 Å². The molecule has 0 fully saturated rings. The zero-order valence-electron chi connectivity index (χ0n) is 11.3. The number of rotatable bonds is 5. The SMILES string of the molecule is O=[N+]([O-])c1cccc(S(=O)(=O)Nc2ccc(S(=O)(=O)O)cc2)c1. The van der Waals surface area contributed by atoms with Gasteiger partial charge in [-0.15, -0.1) is 0 Å². The Balaban J connectivity index is 2.31. The molecule has 9 nitrogen and oxygen atoms in total. The van der Waals surface area contributed by atoms with Crippen molar-refractivity contribution in [3.63, 3.8) is 0 Å². The highest BCUT2D eigenvalue weighted by molar-refractivity contribution is 7.92. The van der Waals surface area contributed by atoms with Gasteiger partial charge in [0, 0.05) is 17.8 Å². The van der Waals surface area contributed by atoms with Crippen LogP contribution in [-0.2, 0) is 20.1 Å². The minimum absolute atomic E-state index is 0.0314. The molecule has 0 heterocycles. The van der Waals surface area contributed by atoms with Gasteiger partial charge in [-0.1, -0.05) is 6.07 Å². The molecule has 0 radical (unpaired) electrons. The van der Waals surface area contributed by atoms with Crippen LogP contribution in [0.2, 0.25) is 0 Å². The first-order chi connectivity index (χ1) is 10.6. The maximum atomic E-state index is 12.2. The van der Waals surface area contributed by atoms with Gasteiger partial charge in [0.1, 0.15) is 0 Å². The topological polar surface area (TPSA) is 144 Å². The second-order valence-electron chi connectivity index (χ2n) is 4.36. The Morgan fingerprint density at radius 1 is 0.957 bits per heavy atom. The molecule has 11 heteroatoms. The molecule has 0 aromatic heterocycles. The second kappa shape index (κ2) is 5.95. The lowest BCUT2D eigenvalue weighted by Crippen LogP contribution is -2.13. The lowest BCUT2D eigenvalue weighted by Gasteiger charge is -2.08. The van der Waals surface area contributed by atoms with E-state index in [-0.39, 0.29) is 16.3 Å². The molecule has 0 amide bonds. The summed E-state index contributed by atoms with van der Waals surface area (Å²) in [4.78, 5) is 9.25. The molecule has 0 bridgehead atoms. The number of nitrogens with one attached hydrogen (secondary N) is 1. The quantitative estimate of drug-likeness (QED) is 0.469. The van der Waals surface area contributed by atoms with Gasteiger partial charge in [-0.3, -0.25) is 19.4 Å². The molecule has 2 aromatic rings. The number of anilines is 1. The average molecular weight is 358 g/mol. The molecule has 23 heavy (non-hydrogen) atoms. The number of sulfonamides is 1. The molecule has 0 unspecified atom stereocenters. The minimum atomic E-state index is -4.38. The van der Waals surface area contributed by atoms with Crippen LogP contribution in [0.4, 0.5) is 11.4 Å². The summed E-state index contributed by atoms with van der Waals surface area (Å²) in [5, 5.41) is 10.7. The Morgan fingerprint density at radius 3 is 2.09 bits per heavy atom. The van der Waals surface area contributed by atoms with Crippen molar-refractivity contribution in [1.29, 1.82) is 0 Å². The number of hydrogen-bond acceptors (Lipinski definition) is 6. The molecule has 122 valence electrons. The molecule has 0 atom stereocenters. The van der Waals surface area contributed by atoms with Crippen LogP contribution in [0.3, 0.4) is 0 Å². The van der Waals surface area contributed by atoms with Crippen LogP contribution < -0.4 is 4.72 Å². The Kier molecular flexibility index (Phi) is 4.36. The van der Waals surface area contributed by atoms with E-state index in [1.807, 2.05) is 0 Å². The van der Waals surface area contributed by atoms with Gasteiger partial charge >= 0.3 is 0 Å². The van der Waals surface area contributed by atoms with Crippen molar-refractivity contribution in [3.05, 3.63) is 58.6 Å². The van der Waals surface area contributed by atoms with Crippen LogP contribution in [0.5, 0.6) is 0 Å². The van der Waals surface area contributed by atoms with Crippen molar-refractivity contribution in [2.45, 2.75) is 9.79 Å². The van der Waals surface area contributed by atoms with Crippen LogP contribution in [0.25, 0.3) is 0 Å². The fourth-order valence-electron chi connectivity index (χ4n) is 1.67. The van der Waals surface area contributed by atoms with Crippen molar-refractivity contribution in [2.24, 2.45) is 0 Å². The molecule has 0 saturated carbocycles. The van der Waals surface area contributed by atoms with Crippen molar-refractivity contribution >= 4 is 31.5 Å². The molecule has 0 spiro atoms. The smallest absolute Gasteiger partial charge is 0.282 e. The third kappa shape index (κ3) is 4.03. The van der Waals surface area contributed by atoms with E-state index < -0.39 is 30.0 Å². The van der Waals surface area contributed by atoms with Crippen molar-refractivity contribution in [3.8, 4) is 0 Å². The Hall–Kier alpha value is -2.50. The van der Waals surface area contributed by atoms with Crippen molar-refractivity contribution in [2.75, 3.05) is 4.72 Å². The second-order valence-corrected chi connectivity index (χ2v) is 7.46. The molecule has 0 saturated heterocycles. The number of non-ortho nitro benzene ring substituents is 1. The fourth-order valence-corrected chi connectivity index (χ4v) is 3.25. The first-order valence-electron chi connectivity index (χ1n) is 5.94. The molecule has 2 aromatic carbocycles. The van der Waals surface area contributed by atoms with Gasteiger partial charge in [-0.05, 0) is 30.3 Å². The number of hydrogen-bond donors (Lipinski definition) is 2. The van der Waals surface area contributed by atoms with Crippen LogP contribution in [-0.4, -0.2) is 26.3 Å². The van der Waals surface area contributed by atoms with Crippen LogP contribution in [0.1, 0.15) is 0 Å². The lowest BCUT2D eigenvalue weighted by atomic mass is 10.3. The summed E-state index contributed by atoms with van der Waals surface area (Å²) in [6.45, 7) is 0. The van der Waals surface area contributed by atoms with E-state index >= 15 is 0 Å². The highest BCUT2D eigenvalue weighted by Gasteiger charge is 2.18.